The molecule has 0 saturated heterocycles. The van der Waals surface area contributed by atoms with Crippen LogP contribution >= 0.6 is 0 Å². The van der Waals surface area contributed by atoms with Crippen LogP contribution in [-0.2, 0) is 9.84 Å². The Morgan fingerprint density at radius 3 is 2.92 bits per heavy atom. The zero-order valence-corrected chi connectivity index (χ0v) is 7.53. The Balaban J connectivity index is 2.58. The van der Waals surface area contributed by atoms with Gasteiger partial charge >= 0.3 is 5.97 Å². The molecule has 1 heterocycles. The summed E-state index contributed by atoms with van der Waals surface area (Å²) in [5, 5.41) is 16.2. The van der Waals surface area contributed by atoms with Crippen LogP contribution in [0.3, 0.4) is 0 Å². The fourth-order valence-electron chi connectivity index (χ4n) is 0.735. The normalized spacial score (nSPS) is 12.5. The molecule has 1 aromatic rings. The molecule has 5 nitrogen and oxygen atoms in total. The summed E-state index contributed by atoms with van der Waals surface area (Å²) in [6.45, 7) is 3.68. The fraction of sp³-hybridized carbons (Fsp3) is 0.500. The van der Waals surface area contributed by atoms with E-state index in [0.29, 0.717) is 0 Å². The third-order valence-electron chi connectivity index (χ3n) is 1.65. The summed E-state index contributed by atoms with van der Waals surface area (Å²) in [4.78, 5) is 11.2. The number of carbonyl (C=O) groups excluding carboxylic acids is 1. The number of hydrogen-bond donors (Lipinski definition) is 1. The van der Waals surface area contributed by atoms with E-state index < -0.39 is 11.8 Å². The van der Waals surface area contributed by atoms with Crippen LogP contribution in [0.5, 0.6) is 5.88 Å². The quantitative estimate of drug-likeness (QED) is 0.721. The molecule has 0 saturated carbocycles. The predicted molar refractivity (Wildman–Crippen MR) is 43.9 cm³/mol. The number of nitrogens with zero attached hydrogens (tertiary/aromatic N) is 1. The summed E-state index contributed by atoms with van der Waals surface area (Å²) in [6, 6.07) is 1.12. The Hall–Kier alpha value is -1.52. The van der Waals surface area contributed by atoms with Gasteiger partial charge in [-0.3, -0.25) is 5.11 Å². The van der Waals surface area contributed by atoms with E-state index in [-0.39, 0.29) is 11.8 Å². The Kier molecular flexibility index (Phi) is 2.89. The van der Waals surface area contributed by atoms with Crippen molar-refractivity contribution in [2.75, 3.05) is 0 Å². The first-order valence-corrected chi connectivity index (χ1v) is 4.07. The van der Waals surface area contributed by atoms with Crippen LogP contribution in [0.15, 0.2) is 6.07 Å². The lowest BCUT2D eigenvalue weighted by atomic mass is 10.3. The third-order valence-corrected chi connectivity index (χ3v) is 1.65. The SMILES string of the molecule is CCC(C)OC(=O)c1cc([O])[nH]n1. The van der Waals surface area contributed by atoms with Crippen molar-refractivity contribution in [2.24, 2.45) is 0 Å². The molecule has 0 aliphatic carbocycles. The second kappa shape index (κ2) is 3.93. The van der Waals surface area contributed by atoms with Gasteiger partial charge in [0.05, 0.1) is 6.10 Å². The molecule has 13 heavy (non-hydrogen) atoms. The van der Waals surface area contributed by atoms with E-state index in [1.54, 1.807) is 6.92 Å². The molecule has 1 aromatic heterocycles. The molecule has 0 aliphatic rings. The van der Waals surface area contributed by atoms with Crippen LogP contribution in [0.2, 0.25) is 0 Å². The van der Waals surface area contributed by atoms with E-state index in [2.05, 4.69) is 10.2 Å². The number of ether oxygens (including phenoxy) is 1. The van der Waals surface area contributed by atoms with Gasteiger partial charge in [0.25, 0.3) is 5.88 Å². The number of rotatable bonds is 3. The van der Waals surface area contributed by atoms with Crippen LogP contribution in [0.1, 0.15) is 30.8 Å². The molecular formula is C8H11N2O3. The van der Waals surface area contributed by atoms with Crippen molar-refractivity contribution in [1.82, 2.24) is 10.2 Å². The minimum absolute atomic E-state index is 0.0327. The van der Waals surface area contributed by atoms with E-state index in [9.17, 15) is 9.90 Å². The lowest BCUT2D eigenvalue weighted by Gasteiger charge is -2.08. The van der Waals surface area contributed by atoms with Gasteiger partial charge in [0.2, 0.25) is 0 Å². The number of aromatic amines is 1. The number of hydrogen-bond acceptors (Lipinski definition) is 3. The molecule has 71 valence electrons. The highest BCUT2D eigenvalue weighted by molar-refractivity contribution is 5.87. The smallest absolute Gasteiger partial charge is 0.359 e. The molecule has 5 heteroatoms. The van der Waals surface area contributed by atoms with Crippen molar-refractivity contribution in [3.63, 3.8) is 0 Å². The van der Waals surface area contributed by atoms with Crippen molar-refractivity contribution in [3.05, 3.63) is 11.8 Å². The van der Waals surface area contributed by atoms with E-state index in [4.69, 9.17) is 4.74 Å². The highest BCUT2D eigenvalue weighted by atomic mass is 16.5. The molecule has 1 rings (SSSR count). The second-order valence-electron chi connectivity index (χ2n) is 2.74. The van der Waals surface area contributed by atoms with Gasteiger partial charge < -0.3 is 4.74 Å². The molecule has 1 N–H and O–H groups in total. The summed E-state index contributed by atoms with van der Waals surface area (Å²) >= 11 is 0. The summed E-state index contributed by atoms with van der Waals surface area (Å²) < 4.78 is 4.94. The predicted octanol–water partition coefficient (Wildman–Crippen LogP) is 1.51. The highest BCUT2D eigenvalue weighted by Crippen LogP contribution is 2.09. The summed E-state index contributed by atoms with van der Waals surface area (Å²) in [6.07, 6.45) is 0.583. The monoisotopic (exact) mass is 183 g/mol. The summed E-state index contributed by atoms with van der Waals surface area (Å²) in [5.41, 5.74) is 0.0327. The van der Waals surface area contributed by atoms with E-state index in [1.807, 2.05) is 6.92 Å². The lowest BCUT2D eigenvalue weighted by molar-refractivity contribution is 0.0327. The van der Waals surface area contributed by atoms with Crippen LogP contribution in [-0.4, -0.2) is 22.3 Å². The van der Waals surface area contributed by atoms with Crippen LogP contribution in [0.25, 0.3) is 0 Å². The third kappa shape index (κ3) is 2.47. The number of nitrogens with one attached hydrogen (secondary N) is 1. The first-order valence-electron chi connectivity index (χ1n) is 4.07. The molecule has 1 radical (unpaired) electrons. The minimum atomic E-state index is -0.562. The average molecular weight is 183 g/mol. The first-order chi connectivity index (χ1) is 6.13. The van der Waals surface area contributed by atoms with Gasteiger partial charge in [-0.25, -0.2) is 9.89 Å². The summed E-state index contributed by atoms with van der Waals surface area (Å²) in [7, 11) is 0. The number of H-pyrrole nitrogens is 1. The van der Waals surface area contributed by atoms with Crippen molar-refractivity contribution in [3.8, 4) is 5.88 Å². The van der Waals surface area contributed by atoms with E-state index in [1.165, 1.54) is 0 Å². The van der Waals surface area contributed by atoms with Gasteiger partial charge in [-0.15, -0.1) is 0 Å². The maximum atomic E-state index is 11.2. The number of carbonyl (C=O) groups is 1. The van der Waals surface area contributed by atoms with Gasteiger partial charge in [-0.05, 0) is 13.3 Å². The van der Waals surface area contributed by atoms with E-state index in [0.717, 1.165) is 12.5 Å². The first kappa shape index (κ1) is 9.57. The average Bonchev–Trinajstić information content (AvgIpc) is 2.51. The van der Waals surface area contributed by atoms with Crippen LogP contribution in [0.4, 0.5) is 0 Å². The molecule has 1 atom stereocenters. The molecule has 0 aromatic carbocycles. The van der Waals surface area contributed by atoms with Gasteiger partial charge in [0.15, 0.2) is 5.69 Å². The topological polar surface area (TPSA) is 74.9 Å². The van der Waals surface area contributed by atoms with Gasteiger partial charge in [-0.1, -0.05) is 6.92 Å². The Labute approximate surface area is 75.7 Å². The largest absolute Gasteiger partial charge is 0.458 e. The number of aromatic nitrogens is 2. The zero-order valence-electron chi connectivity index (χ0n) is 7.53. The maximum Gasteiger partial charge on any atom is 0.359 e. The molecule has 1 unspecified atom stereocenters. The standard InChI is InChI=1S/C8H11N2O3/c1-3-5(2)13-8(12)6-4-7(11)10-9-6/h4-5H,3H2,1-2H3,(H,9,10). The van der Waals surface area contributed by atoms with Crippen molar-refractivity contribution in [2.45, 2.75) is 26.4 Å². The molecule has 0 amide bonds. The molecule has 0 aliphatic heterocycles. The van der Waals surface area contributed by atoms with Crippen LogP contribution < -0.4 is 0 Å². The van der Waals surface area contributed by atoms with E-state index >= 15 is 0 Å². The summed E-state index contributed by atoms with van der Waals surface area (Å²) in [5.74, 6) is -0.955. The Bertz CT molecular complexity index is 295. The van der Waals surface area contributed by atoms with Crippen molar-refractivity contribution >= 4 is 5.97 Å². The van der Waals surface area contributed by atoms with Crippen molar-refractivity contribution in [1.29, 1.82) is 0 Å². The Morgan fingerprint density at radius 1 is 1.77 bits per heavy atom. The molecule has 0 fully saturated rings. The minimum Gasteiger partial charge on any atom is -0.458 e. The van der Waals surface area contributed by atoms with Gasteiger partial charge in [0.1, 0.15) is 0 Å². The zero-order chi connectivity index (χ0) is 9.84. The number of esters is 1. The second-order valence-corrected chi connectivity index (χ2v) is 2.74. The lowest BCUT2D eigenvalue weighted by Crippen LogP contribution is -2.14. The van der Waals surface area contributed by atoms with Gasteiger partial charge in [0, 0.05) is 6.07 Å². The highest BCUT2D eigenvalue weighted by Gasteiger charge is 2.14. The molecule has 0 bridgehead atoms. The Morgan fingerprint density at radius 2 is 2.46 bits per heavy atom. The molecule has 0 spiro atoms. The van der Waals surface area contributed by atoms with Crippen molar-refractivity contribution < 1.29 is 14.6 Å². The molecular weight excluding hydrogens is 172 g/mol. The fourth-order valence-corrected chi connectivity index (χ4v) is 0.735. The maximum absolute atomic E-state index is 11.2. The van der Waals surface area contributed by atoms with Gasteiger partial charge in [-0.2, -0.15) is 5.10 Å². The van der Waals surface area contributed by atoms with Crippen LogP contribution in [0, 0.1) is 0 Å².